The number of carbonyl (C=O) groups is 1. The van der Waals surface area contributed by atoms with Crippen LogP contribution < -0.4 is 15.4 Å². The Morgan fingerprint density at radius 3 is 2.70 bits per heavy atom. The summed E-state index contributed by atoms with van der Waals surface area (Å²) in [5.74, 6) is 0.334. The lowest BCUT2D eigenvalue weighted by atomic mass is 10.3. The van der Waals surface area contributed by atoms with Gasteiger partial charge in [-0.25, -0.2) is 4.79 Å². The van der Waals surface area contributed by atoms with Gasteiger partial charge in [0.25, 0.3) is 0 Å². The maximum absolute atomic E-state index is 12.0. The van der Waals surface area contributed by atoms with E-state index in [1.165, 1.54) is 28.9 Å². The van der Waals surface area contributed by atoms with E-state index in [0.717, 1.165) is 0 Å². The molecule has 0 atom stereocenters. The van der Waals surface area contributed by atoms with Gasteiger partial charge in [0.1, 0.15) is 5.75 Å². The minimum Gasteiger partial charge on any atom is -0.435 e. The van der Waals surface area contributed by atoms with Gasteiger partial charge in [0.05, 0.1) is 19.0 Å². The zero-order valence-electron chi connectivity index (χ0n) is 11.9. The summed E-state index contributed by atoms with van der Waals surface area (Å²) in [6, 6.07) is 8.56. The fourth-order valence-corrected chi connectivity index (χ4v) is 1.72. The van der Waals surface area contributed by atoms with Crippen LogP contribution in [0.15, 0.2) is 36.5 Å². The maximum atomic E-state index is 12.0. The normalized spacial score (nSPS) is 10.2. The molecular weight excluding hydrogens is 308 g/mol. The Balaban J connectivity index is 1.87. The van der Waals surface area contributed by atoms with E-state index in [1.54, 1.807) is 12.3 Å². The Morgan fingerprint density at radius 1 is 1.30 bits per heavy atom. The summed E-state index contributed by atoms with van der Waals surface area (Å²) in [6.07, 6.45) is 1.96. The summed E-state index contributed by atoms with van der Waals surface area (Å²) in [5, 5.41) is 17.6. The quantitative estimate of drug-likeness (QED) is 0.855. The van der Waals surface area contributed by atoms with Crippen LogP contribution in [0.2, 0.25) is 0 Å². The number of aryl methyl sites for hydroxylation is 1. The molecule has 9 heteroatoms. The van der Waals surface area contributed by atoms with Crippen LogP contribution in [0.1, 0.15) is 6.42 Å². The standard InChI is InChI=1S/C14H13F2N5O2/c15-13(16)23-11-4-2-10(3-5-11)18-14(22)19-12-6-9-21(20-12)8-1-7-17/h2-6,9,13H,1,8H2,(H2,18,19,20,22). The Hall–Kier alpha value is -3.15. The SMILES string of the molecule is N#CCCn1ccc(NC(=O)Nc2ccc(OC(F)F)cc2)n1. The smallest absolute Gasteiger partial charge is 0.387 e. The van der Waals surface area contributed by atoms with Gasteiger partial charge >= 0.3 is 12.6 Å². The number of alkyl halides is 2. The van der Waals surface area contributed by atoms with Gasteiger partial charge in [-0.2, -0.15) is 19.1 Å². The van der Waals surface area contributed by atoms with Crippen molar-refractivity contribution >= 4 is 17.5 Å². The highest BCUT2D eigenvalue weighted by Crippen LogP contribution is 2.17. The molecule has 2 amide bonds. The lowest BCUT2D eigenvalue weighted by Crippen LogP contribution is -2.19. The summed E-state index contributed by atoms with van der Waals surface area (Å²) in [6.45, 7) is -2.46. The summed E-state index contributed by atoms with van der Waals surface area (Å²) < 4.78 is 29.8. The second kappa shape index (κ2) is 7.74. The van der Waals surface area contributed by atoms with Crippen LogP contribution >= 0.6 is 0 Å². The summed E-state index contributed by atoms with van der Waals surface area (Å²) in [7, 11) is 0. The fourth-order valence-electron chi connectivity index (χ4n) is 1.72. The number of carbonyl (C=O) groups excluding carboxylic acids is 1. The van der Waals surface area contributed by atoms with E-state index in [9.17, 15) is 13.6 Å². The second-order valence-electron chi connectivity index (χ2n) is 4.35. The third-order valence-corrected chi connectivity index (χ3v) is 2.67. The second-order valence-corrected chi connectivity index (χ2v) is 4.35. The minimum atomic E-state index is -2.90. The maximum Gasteiger partial charge on any atom is 0.387 e. The van der Waals surface area contributed by atoms with Gasteiger partial charge in [-0.15, -0.1) is 0 Å². The average molecular weight is 321 g/mol. The highest BCUT2D eigenvalue weighted by atomic mass is 19.3. The van der Waals surface area contributed by atoms with Crippen molar-refractivity contribution in [1.82, 2.24) is 9.78 Å². The highest BCUT2D eigenvalue weighted by Gasteiger charge is 2.07. The number of hydrogen-bond donors (Lipinski definition) is 2. The Kier molecular flexibility index (Phi) is 5.46. The van der Waals surface area contributed by atoms with Gasteiger partial charge in [0.2, 0.25) is 0 Å². The number of ether oxygens (including phenoxy) is 1. The summed E-state index contributed by atoms with van der Waals surface area (Å²) in [4.78, 5) is 11.8. The van der Waals surface area contributed by atoms with Gasteiger partial charge in [-0.05, 0) is 24.3 Å². The van der Waals surface area contributed by atoms with Crippen LogP contribution in [-0.4, -0.2) is 22.4 Å². The van der Waals surface area contributed by atoms with E-state index in [2.05, 4.69) is 20.5 Å². The van der Waals surface area contributed by atoms with E-state index in [0.29, 0.717) is 24.5 Å². The van der Waals surface area contributed by atoms with Crippen LogP contribution in [0.5, 0.6) is 5.75 Å². The first-order valence-electron chi connectivity index (χ1n) is 6.60. The van der Waals surface area contributed by atoms with Crippen molar-refractivity contribution in [1.29, 1.82) is 5.26 Å². The largest absolute Gasteiger partial charge is 0.435 e. The lowest BCUT2D eigenvalue weighted by Gasteiger charge is -2.07. The van der Waals surface area contributed by atoms with Gasteiger partial charge in [0.15, 0.2) is 5.82 Å². The molecule has 1 heterocycles. The van der Waals surface area contributed by atoms with Crippen molar-refractivity contribution in [3.05, 3.63) is 36.5 Å². The summed E-state index contributed by atoms with van der Waals surface area (Å²) >= 11 is 0. The number of urea groups is 1. The average Bonchev–Trinajstić information content (AvgIpc) is 2.94. The Bertz CT molecular complexity index is 694. The molecule has 0 saturated heterocycles. The third kappa shape index (κ3) is 5.28. The molecule has 0 bridgehead atoms. The molecule has 7 nitrogen and oxygen atoms in total. The number of anilines is 2. The van der Waals surface area contributed by atoms with Gasteiger partial charge in [0, 0.05) is 18.0 Å². The molecule has 0 unspecified atom stereocenters. The molecule has 2 rings (SSSR count). The van der Waals surface area contributed by atoms with Gasteiger partial charge in [-0.1, -0.05) is 0 Å². The number of amides is 2. The third-order valence-electron chi connectivity index (χ3n) is 2.67. The number of nitrogens with one attached hydrogen (secondary N) is 2. The topological polar surface area (TPSA) is 92.0 Å². The number of benzene rings is 1. The number of hydrogen-bond acceptors (Lipinski definition) is 4. The molecule has 2 aromatic rings. The molecule has 120 valence electrons. The monoisotopic (exact) mass is 321 g/mol. The van der Waals surface area contributed by atoms with Crippen LogP contribution in [0.25, 0.3) is 0 Å². The number of rotatable bonds is 6. The highest BCUT2D eigenvalue weighted by molar-refractivity contribution is 5.99. The van der Waals surface area contributed by atoms with Crippen LogP contribution in [0, 0.1) is 11.3 Å². The molecule has 0 saturated carbocycles. The number of nitrogens with zero attached hydrogens (tertiary/aromatic N) is 3. The molecular formula is C14H13F2N5O2. The van der Waals surface area contributed by atoms with Crippen LogP contribution in [0.3, 0.4) is 0 Å². The molecule has 0 aliphatic carbocycles. The molecule has 0 fully saturated rings. The van der Waals surface area contributed by atoms with E-state index < -0.39 is 12.6 Å². The van der Waals surface area contributed by atoms with E-state index in [-0.39, 0.29) is 5.75 Å². The molecule has 0 spiro atoms. The van der Waals surface area contributed by atoms with E-state index in [1.807, 2.05) is 6.07 Å². The molecule has 2 N–H and O–H groups in total. The predicted molar refractivity (Wildman–Crippen MR) is 78.2 cm³/mol. The zero-order valence-corrected chi connectivity index (χ0v) is 11.9. The molecule has 23 heavy (non-hydrogen) atoms. The molecule has 0 aliphatic rings. The Morgan fingerprint density at radius 2 is 2.04 bits per heavy atom. The molecule has 0 radical (unpaired) electrons. The molecule has 0 aliphatic heterocycles. The van der Waals surface area contributed by atoms with Crippen molar-refractivity contribution in [2.24, 2.45) is 0 Å². The van der Waals surface area contributed by atoms with Crippen molar-refractivity contribution in [2.45, 2.75) is 19.6 Å². The zero-order chi connectivity index (χ0) is 16.7. The lowest BCUT2D eigenvalue weighted by molar-refractivity contribution is -0.0498. The van der Waals surface area contributed by atoms with E-state index in [4.69, 9.17) is 5.26 Å². The van der Waals surface area contributed by atoms with Crippen molar-refractivity contribution in [2.75, 3.05) is 10.6 Å². The number of halogens is 2. The van der Waals surface area contributed by atoms with E-state index >= 15 is 0 Å². The predicted octanol–water partition coefficient (Wildman–Crippen LogP) is 3.04. The minimum absolute atomic E-state index is 0.00203. The first kappa shape index (κ1) is 16.2. The molecule has 1 aromatic heterocycles. The number of nitriles is 1. The first-order valence-corrected chi connectivity index (χ1v) is 6.60. The van der Waals surface area contributed by atoms with Crippen molar-refractivity contribution in [3.8, 4) is 11.8 Å². The van der Waals surface area contributed by atoms with Crippen LogP contribution in [-0.2, 0) is 6.54 Å². The van der Waals surface area contributed by atoms with Crippen molar-refractivity contribution < 1.29 is 18.3 Å². The fraction of sp³-hybridized carbons (Fsp3) is 0.214. The molecule has 1 aromatic carbocycles. The van der Waals surface area contributed by atoms with Gasteiger partial charge < -0.3 is 10.1 Å². The van der Waals surface area contributed by atoms with Gasteiger partial charge in [-0.3, -0.25) is 10.00 Å². The first-order chi connectivity index (χ1) is 11.1. The number of aromatic nitrogens is 2. The van der Waals surface area contributed by atoms with Crippen molar-refractivity contribution in [3.63, 3.8) is 0 Å². The summed E-state index contributed by atoms with van der Waals surface area (Å²) in [5.41, 5.74) is 0.410. The van der Waals surface area contributed by atoms with Crippen LogP contribution in [0.4, 0.5) is 25.1 Å². The Labute approximate surface area is 130 Å².